The number of nitrogens with two attached hydrogens (primary N) is 1. The third-order valence-electron chi connectivity index (χ3n) is 5.49. The lowest BCUT2D eigenvalue weighted by molar-refractivity contribution is -0.176. The minimum absolute atomic E-state index is 0.0452. The van der Waals surface area contributed by atoms with Crippen LogP contribution >= 0.6 is 0 Å². The number of amides is 2. The van der Waals surface area contributed by atoms with Crippen molar-refractivity contribution in [2.24, 2.45) is 17.1 Å². The second-order valence-electron chi connectivity index (χ2n) is 7.26. The van der Waals surface area contributed by atoms with Gasteiger partial charge in [0.25, 0.3) is 0 Å². The van der Waals surface area contributed by atoms with Gasteiger partial charge in [-0.1, -0.05) is 13.8 Å². The molecule has 2 amide bonds. The van der Waals surface area contributed by atoms with Crippen LogP contribution < -0.4 is 16.4 Å². The van der Waals surface area contributed by atoms with Crippen LogP contribution in [0.3, 0.4) is 0 Å². The highest BCUT2D eigenvalue weighted by Gasteiger charge is 2.71. The zero-order chi connectivity index (χ0) is 15.4. The molecule has 4 N–H and O–H groups in total. The Labute approximate surface area is 125 Å². The van der Waals surface area contributed by atoms with Crippen LogP contribution in [0.25, 0.3) is 0 Å². The summed E-state index contributed by atoms with van der Waals surface area (Å²) in [6.07, 6.45) is 2.91. The largest absolute Gasteiger partial charge is 0.377 e. The van der Waals surface area contributed by atoms with Gasteiger partial charge < -0.3 is 21.1 Å². The summed E-state index contributed by atoms with van der Waals surface area (Å²) in [6, 6.07) is -0.271. The van der Waals surface area contributed by atoms with E-state index in [4.69, 9.17) is 10.5 Å². The van der Waals surface area contributed by atoms with E-state index in [0.717, 1.165) is 19.3 Å². The molecule has 3 aliphatic rings. The van der Waals surface area contributed by atoms with Gasteiger partial charge in [0.15, 0.2) is 0 Å². The van der Waals surface area contributed by atoms with Gasteiger partial charge in [-0.15, -0.1) is 0 Å². The van der Waals surface area contributed by atoms with E-state index in [1.165, 1.54) is 0 Å². The van der Waals surface area contributed by atoms with Crippen molar-refractivity contribution in [1.29, 1.82) is 0 Å². The molecule has 118 valence electrons. The summed E-state index contributed by atoms with van der Waals surface area (Å²) in [5.41, 5.74) is 5.08. The molecule has 6 heteroatoms. The predicted molar refractivity (Wildman–Crippen MR) is 77.3 cm³/mol. The molecular weight excluding hydrogens is 270 g/mol. The monoisotopic (exact) mass is 295 g/mol. The van der Waals surface area contributed by atoms with E-state index in [1.807, 2.05) is 13.8 Å². The van der Waals surface area contributed by atoms with Gasteiger partial charge in [0.2, 0.25) is 11.8 Å². The first-order valence-electron chi connectivity index (χ1n) is 7.80. The Kier molecular flexibility index (Phi) is 3.29. The van der Waals surface area contributed by atoms with Gasteiger partial charge in [-0.05, 0) is 26.2 Å². The average Bonchev–Trinajstić information content (AvgIpc) is 3.10. The molecule has 1 heterocycles. The summed E-state index contributed by atoms with van der Waals surface area (Å²) in [6.45, 7) is 6.29. The first-order valence-corrected chi connectivity index (χ1v) is 7.80. The van der Waals surface area contributed by atoms with Crippen molar-refractivity contribution in [3.63, 3.8) is 0 Å². The SMILES string of the molecule is CC(NC(=O)C1(N)C2CCOC2C1(C)C)C(=O)NC1CC1. The Hall–Kier alpha value is -1.14. The van der Waals surface area contributed by atoms with Crippen molar-refractivity contribution < 1.29 is 14.3 Å². The van der Waals surface area contributed by atoms with Crippen LogP contribution in [0.4, 0.5) is 0 Å². The quantitative estimate of drug-likeness (QED) is 0.676. The second kappa shape index (κ2) is 4.68. The van der Waals surface area contributed by atoms with Gasteiger partial charge in [-0.3, -0.25) is 9.59 Å². The van der Waals surface area contributed by atoms with Gasteiger partial charge in [0.05, 0.1) is 6.10 Å². The van der Waals surface area contributed by atoms with Crippen LogP contribution in [0.5, 0.6) is 0 Å². The molecule has 3 rings (SSSR count). The molecule has 2 aliphatic carbocycles. The molecule has 4 unspecified atom stereocenters. The van der Waals surface area contributed by atoms with Crippen LogP contribution in [0.15, 0.2) is 0 Å². The fourth-order valence-electron chi connectivity index (χ4n) is 3.78. The van der Waals surface area contributed by atoms with Crippen LogP contribution in [-0.2, 0) is 14.3 Å². The average molecular weight is 295 g/mol. The van der Waals surface area contributed by atoms with Crippen LogP contribution in [0.1, 0.15) is 40.0 Å². The fraction of sp³-hybridized carbons (Fsp3) is 0.867. The molecule has 3 fully saturated rings. The predicted octanol–water partition coefficient (Wildman–Crippen LogP) is -0.0879. The second-order valence-corrected chi connectivity index (χ2v) is 7.26. The van der Waals surface area contributed by atoms with E-state index < -0.39 is 17.0 Å². The van der Waals surface area contributed by atoms with Crippen molar-refractivity contribution in [2.75, 3.05) is 6.61 Å². The smallest absolute Gasteiger partial charge is 0.242 e. The third kappa shape index (κ3) is 2.07. The molecule has 2 saturated carbocycles. The van der Waals surface area contributed by atoms with E-state index in [9.17, 15) is 9.59 Å². The summed E-state index contributed by atoms with van der Waals surface area (Å²) in [5.74, 6) is -0.324. The highest BCUT2D eigenvalue weighted by Crippen LogP contribution is 2.58. The van der Waals surface area contributed by atoms with Crippen LogP contribution in [0.2, 0.25) is 0 Å². The van der Waals surface area contributed by atoms with Crippen molar-refractivity contribution in [1.82, 2.24) is 10.6 Å². The molecule has 0 aromatic rings. The lowest BCUT2D eigenvalue weighted by atomic mass is 9.48. The zero-order valence-corrected chi connectivity index (χ0v) is 12.9. The maximum absolute atomic E-state index is 12.6. The van der Waals surface area contributed by atoms with Crippen LogP contribution in [0, 0.1) is 11.3 Å². The van der Waals surface area contributed by atoms with E-state index in [1.54, 1.807) is 6.92 Å². The molecule has 0 aromatic heterocycles. The highest BCUT2D eigenvalue weighted by atomic mass is 16.5. The Bertz CT molecular complexity index is 475. The van der Waals surface area contributed by atoms with Crippen molar-refractivity contribution in [2.45, 2.75) is 63.8 Å². The number of hydrogen-bond donors (Lipinski definition) is 3. The maximum Gasteiger partial charge on any atom is 0.242 e. The lowest BCUT2D eigenvalue weighted by Crippen LogP contribution is -2.80. The van der Waals surface area contributed by atoms with Crippen LogP contribution in [-0.4, -0.2) is 42.1 Å². The lowest BCUT2D eigenvalue weighted by Gasteiger charge is -2.60. The molecular formula is C15H25N3O3. The molecule has 0 radical (unpaired) electrons. The Morgan fingerprint density at radius 3 is 2.57 bits per heavy atom. The van der Waals surface area contributed by atoms with Gasteiger partial charge in [-0.2, -0.15) is 0 Å². The first-order chi connectivity index (χ1) is 9.78. The van der Waals surface area contributed by atoms with Gasteiger partial charge in [0.1, 0.15) is 11.6 Å². The minimum Gasteiger partial charge on any atom is -0.377 e. The Morgan fingerprint density at radius 2 is 1.95 bits per heavy atom. The summed E-state index contributed by atoms with van der Waals surface area (Å²) >= 11 is 0. The van der Waals surface area contributed by atoms with E-state index in [-0.39, 0.29) is 29.9 Å². The standard InChI is InChI=1S/C15H25N3O3/c1-8(12(19)18-9-4-5-9)17-13(20)15(16)10-6-7-21-11(10)14(15,2)3/h8-11H,4-7,16H2,1-3H3,(H,17,20)(H,18,19). The number of carbonyl (C=O) groups excluding carboxylic acids is 2. The van der Waals surface area contributed by atoms with Crippen molar-refractivity contribution in [3.8, 4) is 0 Å². The number of fused-ring (bicyclic) bond motifs is 1. The number of nitrogens with one attached hydrogen (secondary N) is 2. The molecule has 0 bridgehead atoms. The first kappa shape index (κ1) is 14.8. The minimum atomic E-state index is -0.956. The molecule has 1 aliphatic heterocycles. The van der Waals surface area contributed by atoms with E-state index in [0.29, 0.717) is 6.61 Å². The molecule has 0 aromatic carbocycles. The maximum atomic E-state index is 12.6. The summed E-state index contributed by atoms with van der Waals surface area (Å²) in [5, 5.41) is 5.69. The van der Waals surface area contributed by atoms with E-state index in [2.05, 4.69) is 10.6 Å². The molecule has 0 spiro atoms. The fourth-order valence-corrected chi connectivity index (χ4v) is 3.78. The third-order valence-corrected chi connectivity index (χ3v) is 5.49. The van der Waals surface area contributed by atoms with Gasteiger partial charge in [-0.25, -0.2) is 0 Å². The Balaban J connectivity index is 1.65. The number of ether oxygens (including phenoxy) is 1. The number of rotatable bonds is 4. The molecule has 21 heavy (non-hydrogen) atoms. The number of carbonyl (C=O) groups is 2. The zero-order valence-electron chi connectivity index (χ0n) is 12.9. The molecule has 6 nitrogen and oxygen atoms in total. The number of hydrogen-bond acceptors (Lipinski definition) is 4. The highest BCUT2D eigenvalue weighted by molar-refractivity contribution is 5.94. The Morgan fingerprint density at radius 1 is 1.29 bits per heavy atom. The molecule has 1 saturated heterocycles. The van der Waals surface area contributed by atoms with Gasteiger partial charge in [0, 0.05) is 24.0 Å². The van der Waals surface area contributed by atoms with E-state index >= 15 is 0 Å². The van der Waals surface area contributed by atoms with Crippen molar-refractivity contribution >= 4 is 11.8 Å². The summed E-state index contributed by atoms with van der Waals surface area (Å²) < 4.78 is 5.69. The van der Waals surface area contributed by atoms with Crippen molar-refractivity contribution in [3.05, 3.63) is 0 Å². The summed E-state index contributed by atoms with van der Waals surface area (Å²) in [4.78, 5) is 24.6. The molecule has 4 atom stereocenters. The summed E-state index contributed by atoms with van der Waals surface area (Å²) in [7, 11) is 0. The van der Waals surface area contributed by atoms with Gasteiger partial charge >= 0.3 is 0 Å². The normalized spacial score (nSPS) is 38.1. The topological polar surface area (TPSA) is 93.5 Å².